The maximum atomic E-state index is 15.3. The molecule has 6 aromatic rings. The first-order valence-electron chi connectivity index (χ1n) is 23.4. The Kier molecular flexibility index (Phi) is 9.43. The fourth-order valence-corrected chi connectivity index (χ4v) is 12.2. The van der Waals surface area contributed by atoms with E-state index in [1.165, 1.54) is 60.1 Å². The fraction of sp³-hybridized carbons (Fsp3) is 0.364. The van der Waals surface area contributed by atoms with Gasteiger partial charge in [-0.15, -0.1) is 0 Å². The fourth-order valence-electron chi connectivity index (χ4n) is 12.2. The summed E-state index contributed by atoms with van der Waals surface area (Å²) in [4.78, 5) is 27.9. The third kappa shape index (κ3) is 6.68. The second-order valence-electron chi connectivity index (χ2n) is 19.7. The minimum Gasteiger partial charge on any atom is -0.388 e. The lowest BCUT2D eigenvalue weighted by molar-refractivity contribution is 0.103. The van der Waals surface area contributed by atoms with Crippen LogP contribution in [0.4, 0.5) is 20.2 Å². The first-order chi connectivity index (χ1) is 31.2. The summed E-state index contributed by atoms with van der Waals surface area (Å²) < 4.78 is 30.5. The van der Waals surface area contributed by atoms with Crippen molar-refractivity contribution in [1.29, 1.82) is 0 Å². The largest absolute Gasteiger partial charge is 0.388 e. The number of hydrogen-bond acceptors (Lipinski definition) is 7. The molecule has 2 saturated heterocycles. The number of aliphatic hydroxyl groups excluding tert-OH is 2. The van der Waals surface area contributed by atoms with Crippen molar-refractivity contribution >= 4 is 17.2 Å². The van der Waals surface area contributed by atoms with E-state index in [1.54, 1.807) is 0 Å². The van der Waals surface area contributed by atoms with Crippen molar-refractivity contribution in [3.8, 4) is 22.3 Å². The lowest BCUT2D eigenvalue weighted by atomic mass is 9.68. The zero-order valence-corrected chi connectivity index (χ0v) is 35.9. The SMILES string of the molecule is O=C(c1ncc(F)cc1N1CCC2(CCC(O)c3cc(-c4ccccc4C4CC4)ccc32)C1)c1ncc(F)cc1N1CCC2(CCC(O)c3cc(-c4ccccc4C4CC4)ccc32)C1. The number of fused-ring (bicyclic) bond motifs is 4. The van der Waals surface area contributed by atoms with Crippen molar-refractivity contribution in [2.45, 2.75) is 99.1 Å². The molecule has 12 rings (SSSR count). The van der Waals surface area contributed by atoms with Crippen molar-refractivity contribution in [1.82, 2.24) is 9.97 Å². The van der Waals surface area contributed by atoms with Gasteiger partial charge in [0.1, 0.15) is 23.0 Å². The lowest BCUT2D eigenvalue weighted by Crippen LogP contribution is -2.36. The van der Waals surface area contributed by atoms with Gasteiger partial charge in [-0.1, -0.05) is 72.8 Å². The van der Waals surface area contributed by atoms with E-state index >= 15 is 8.78 Å². The Morgan fingerprint density at radius 1 is 0.547 bits per heavy atom. The van der Waals surface area contributed by atoms with Crippen LogP contribution < -0.4 is 9.80 Å². The summed E-state index contributed by atoms with van der Waals surface area (Å²) in [6, 6.07) is 33.1. The van der Waals surface area contributed by atoms with Crippen LogP contribution in [-0.2, 0) is 10.8 Å². The van der Waals surface area contributed by atoms with E-state index in [1.807, 2.05) is 0 Å². The molecule has 6 aliphatic rings. The molecular weight excluding hydrogens is 803 g/mol. The average Bonchev–Trinajstić information content (AvgIpc) is 4.27. The van der Waals surface area contributed by atoms with Crippen molar-refractivity contribution in [2.24, 2.45) is 0 Å². The molecule has 4 heterocycles. The van der Waals surface area contributed by atoms with Crippen molar-refractivity contribution in [3.63, 3.8) is 0 Å². The second kappa shape index (κ2) is 15.2. The van der Waals surface area contributed by atoms with E-state index in [0.717, 1.165) is 71.5 Å². The molecule has 4 fully saturated rings. The first-order valence-corrected chi connectivity index (χ1v) is 23.4. The van der Waals surface area contributed by atoms with Crippen LogP contribution in [0, 0.1) is 11.6 Å². The van der Waals surface area contributed by atoms with Crippen LogP contribution >= 0.6 is 0 Å². The number of ketones is 1. The molecule has 64 heavy (non-hydrogen) atoms. The molecule has 7 nitrogen and oxygen atoms in total. The van der Waals surface area contributed by atoms with E-state index in [-0.39, 0.29) is 22.2 Å². The van der Waals surface area contributed by atoms with Gasteiger partial charge in [0.2, 0.25) is 5.78 Å². The Morgan fingerprint density at radius 3 is 1.42 bits per heavy atom. The smallest absolute Gasteiger partial charge is 0.233 e. The number of pyridine rings is 2. The Morgan fingerprint density at radius 2 is 0.984 bits per heavy atom. The standard InChI is InChI=1S/C55H52F2N4O3/c56-37-27-47(60-23-21-54(31-60)19-17-49(62)43-25-35(13-15-45(43)54)41-7-3-1-5-39(41)33-9-10-33)51(58-29-37)53(64)52-48(28-38(57)30-59-52)61-24-22-55(32-61)20-18-50(63)44-26-36(14-16-46(44)55)42-8-4-2-6-40(42)34-11-12-34/h1-8,13-16,25-30,33-34,49-50,62-63H,9-12,17-24,31-32H2. The number of benzene rings is 4. The van der Waals surface area contributed by atoms with Crippen molar-refractivity contribution in [2.75, 3.05) is 36.0 Å². The van der Waals surface area contributed by atoms with E-state index < -0.39 is 29.6 Å². The van der Waals surface area contributed by atoms with Crippen LogP contribution in [0.3, 0.4) is 0 Å². The number of rotatable bonds is 8. The topological polar surface area (TPSA) is 89.8 Å². The lowest BCUT2D eigenvalue weighted by Gasteiger charge is -2.38. The van der Waals surface area contributed by atoms with Gasteiger partial charge in [-0.05, 0) is 144 Å². The van der Waals surface area contributed by atoms with Crippen molar-refractivity contribution in [3.05, 3.63) is 166 Å². The molecular formula is C55H52F2N4O3. The molecule has 9 heteroatoms. The summed E-state index contributed by atoms with van der Waals surface area (Å²) in [6.07, 6.45) is 10.1. The normalized spacial score (nSPS) is 24.9. The Labute approximate surface area is 372 Å². The number of carbonyl (C=O) groups excluding carboxylic acids is 1. The summed E-state index contributed by atoms with van der Waals surface area (Å²) in [5, 5.41) is 22.8. The van der Waals surface area contributed by atoms with Gasteiger partial charge in [0.25, 0.3) is 0 Å². The molecule has 2 aliphatic heterocycles. The van der Waals surface area contributed by atoms with Gasteiger partial charge in [-0.25, -0.2) is 18.7 Å². The Balaban J connectivity index is 0.840. The summed E-state index contributed by atoms with van der Waals surface area (Å²) in [6.45, 7) is 2.22. The van der Waals surface area contributed by atoms with Gasteiger partial charge < -0.3 is 20.0 Å². The summed E-state index contributed by atoms with van der Waals surface area (Å²) >= 11 is 0. The van der Waals surface area contributed by atoms with E-state index in [4.69, 9.17) is 0 Å². The third-order valence-electron chi connectivity index (χ3n) is 15.8. The number of aliphatic hydroxyl groups is 2. The predicted molar refractivity (Wildman–Crippen MR) is 245 cm³/mol. The van der Waals surface area contributed by atoms with E-state index in [2.05, 4.69) is 105 Å². The molecule has 2 N–H and O–H groups in total. The zero-order chi connectivity index (χ0) is 43.3. The quantitative estimate of drug-likeness (QED) is 0.147. The second-order valence-corrected chi connectivity index (χ2v) is 19.7. The molecule has 2 saturated carbocycles. The summed E-state index contributed by atoms with van der Waals surface area (Å²) in [5.41, 5.74) is 11.9. The van der Waals surface area contributed by atoms with Gasteiger partial charge >= 0.3 is 0 Å². The predicted octanol–water partition coefficient (Wildman–Crippen LogP) is 11.0. The van der Waals surface area contributed by atoms with Gasteiger partial charge in [0.05, 0.1) is 36.0 Å². The maximum Gasteiger partial charge on any atom is 0.233 e. The van der Waals surface area contributed by atoms with Crippen LogP contribution in [0.2, 0.25) is 0 Å². The third-order valence-corrected chi connectivity index (χ3v) is 15.8. The number of halogens is 2. The number of aromatic nitrogens is 2. The molecule has 2 aromatic heterocycles. The highest BCUT2D eigenvalue weighted by molar-refractivity contribution is 6.13. The molecule has 0 amide bonds. The van der Waals surface area contributed by atoms with Crippen LogP contribution in [0.5, 0.6) is 0 Å². The molecule has 0 radical (unpaired) electrons. The monoisotopic (exact) mass is 854 g/mol. The van der Waals surface area contributed by atoms with E-state index in [9.17, 15) is 15.0 Å². The minimum absolute atomic E-state index is 0.0842. The van der Waals surface area contributed by atoms with Crippen LogP contribution in [-0.4, -0.2) is 52.1 Å². The number of hydrogen-bond donors (Lipinski definition) is 2. The maximum absolute atomic E-state index is 15.3. The van der Waals surface area contributed by atoms with Crippen LogP contribution in [0.1, 0.15) is 138 Å². The molecule has 4 aromatic carbocycles. The van der Waals surface area contributed by atoms with Gasteiger partial charge in [-0.2, -0.15) is 0 Å². The van der Waals surface area contributed by atoms with Crippen LogP contribution in [0.15, 0.2) is 109 Å². The highest BCUT2D eigenvalue weighted by Crippen LogP contribution is 2.53. The molecule has 4 atom stereocenters. The molecule has 324 valence electrons. The summed E-state index contributed by atoms with van der Waals surface area (Å²) in [7, 11) is 0. The number of anilines is 2. The highest BCUT2D eigenvalue weighted by Gasteiger charge is 2.47. The number of carbonyl (C=O) groups is 1. The highest BCUT2D eigenvalue weighted by atomic mass is 19.1. The zero-order valence-electron chi connectivity index (χ0n) is 35.9. The molecule has 4 unspecified atom stereocenters. The first kappa shape index (κ1) is 39.8. The molecule has 2 spiro atoms. The number of nitrogens with zero attached hydrogens (tertiary/aromatic N) is 4. The van der Waals surface area contributed by atoms with Crippen molar-refractivity contribution < 1.29 is 23.8 Å². The molecule has 0 bridgehead atoms. The Hall–Kier alpha value is -5.77. The van der Waals surface area contributed by atoms with Gasteiger partial charge in [0, 0.05) is 49.1 Å². The Bertz CT molecular complexity index is 2670. The average molecular weight is 855 g/mol. The minimum atomic E-state index is -0.581. The summed E-state index contributed by atoms with van der Waals surface area (Å²) in [5.74, 6) is -0.385. The molecule has 4 aliphatic carbocycles. The van der Waals surface area contributed by atoms with Crippen LogP contribution in [0.25, 0.3) is 22.3 Å². The van der Waals surface area contributed by atoms with Gasteiger partial charge in [-0.3, -0.25) is 4.79 Å². The van der Waals surface area contributed by atoms with Gasteiger partial charge in [0.15, 0.2) is 0 Å². The van der Waals surface area contributed by atoms with E-state index in [0.29, 0.717) is 62.2 Å².